The summed E-state index contributed by atoms with van der Waals surface area (Å²) in [6.45, 7) is 74.6. The normalized spacial score (nSPS) is 16.6. The van der Waals surface area contributed by atoms with Crippen LogP contribution in [0.15, 0.2) is 223 Å². The highest BCUT2D eigenvalue weighted by atomic mass is 28.3. The van der Waals surface area contributed by atoms with Crippen molar-refractivity contribution in [2.24, 2.45) is 5.41 Å². The molecule has 0 saturated carbocycles. The number of aryl methyl sites for hydroxylation is 9. The Morgan fingerprint density at radius 3 is 1.13 bits per heavy atom. The molecule has 10 aromatic carbocycles. The zero-order valence-electron chi connectivity index (χ0n) is 78.8. The SMILES string of the molecule is Cc1cc([Si](C)(C)C)cc([Si](C)(C)C)c1.Cc1cc2c(CC(C)(C)C)cccc2o1.Cc1ccc(-c2ccc(C(C)(C)C)cc2)cc1.Cc1ccc(-c2ccc(C)cc2)cc1.Cc1ccc(C(C)(C)C)cc1.Cc1ccc2c(c1)C(C)(C)CCC2(C)C.Cc1ccc2c(c1)C(F)(F)CCC2(C)F.Cc1ccc2c(c1)[Si](C)(C)CC[Si]2(C)C. The number of fused-ring (bicyclic) bond motifs is 4. The lowest BCUT2D eigenvalue weighted by atomic mass is 9.63. The molecule has 0 radical (unpaired) electrons. The van der Waals surface area contributed by atoms with Gasteiger partial charge in [-0.3, -0.25) is 0 Å². The van der Waals surface area contributed by atoms with E-state index in [0.29, 0.717) is 16.2 Å². The molecule has 2 heterocycles. The first-order chi connectivity index (χ1) is 53.8. The molecule has 1 aliphatic heterocycles. The molecule has 1 atom stereocenters. The minimum atomic E-state index is -2.88. The Kier molecular flexibility index (Phi) is 31.7. The van der Waals surface area contributed by atoms with Crippen LogP contribution < -0.4 is 20.7 Å². The predicted octanol–water partition coefficient (Wildman–Crippen LogP) is 30.9. The lowest BCUT2D eigenvalue weighted by Gasteiger charge is -2.42. The van der Waals surface area contributed by atoms with Crippen LogP contribution in [-0.2, 0) is 39.7 Å². The van der Waals surface area contributed by atoms with Crippen LogP contribution in [0.3, 0.4) is 0 Å². The van der Waals surface area contributed by atoms with Gasteiger partial charge in [-0.05, 0) is 196 Å². The van der Waals surface area contributed by atoms with Crippen molar-refractivity contribution in [3.8, 4) is 22.3 Å². The second-order valence-electron chi connectivity index (χ2n) is 42.6. The molecule has 0 spiro atoms. The fraction of sp³-hybridized carbons (Fsp3) is 0.431. The zero-order valence-corrected chi connectivity index (χ0v) is 82.8. The average molecular weight is 1640 g/mol. The van der Waals surface area contributed by atoms with E-state index in [4.69, 9.17) is 4.42 Å². The van der Waals surface area contributed by atoms with E-state index in [1.54, 1.807) is 44.9 Å². The highest BCUT2D eigenvalue weighted by molar-refractivity contribution is 7.03. The van der Waals surface area contributed by atoms with Crippen molar-refractivity contribution in [1.29, 1.82) is 0 Å². The van der Waals surface area contributed by atoms with Crippen LogP contribution >= 0.6 is 0 Å². The van der Waals surface area contributed by atoms with Crippen molar-refractivity contribution in [3.05, 3.63) is 308 Å². The summed E-state index contributed by atoms with van der Waals surface area (Å²) in [4.78, 5) is 0. The molecule has 628 valence electrons. The first kappa shape index (κ1) is 96.5. The summed E-state index contributed by atoms with van der Waals surface area (Å²) in [6, 6.07) is 81.0. The van der Waals surface area contributed by atoms with Crippen molar-refractivity contribution in [3.63, 3.8) is 0 Å². The summed E-state index contributed by atoms with van der Waals surface area (Å²) < 4.78 is 46.7. The number of furan rings is 1. The second kappa shape index (κ2) is 38.4. The molecule has 0 bridgehead atoms. The summed E-state index contributed by atoms with van der Waals surface area (Å²) in [5, 5.41) is 8.02. The highest BCUT2D eigenvalue weighted by Crippen LogP contribution is 2.49. The van der Waals surface area contributed by atoms with Crippen molar-refractivity contribution in [1.82, 2.24) is 0 Å². The largest absolute Gasteiger partial charge is 0.461 e. The molecular formula is C109H149F3OSi4. The van der Waals surface area contributed by atoms with Crippen LogP contribution in [-0.4, -0.2) is 32.3 Å². The smallest absolute Gasteiger partial charge is 0.273 e. The standard InChI is InChI=1S/C17H20.C15H22.C14H18O.C14H14.C13H22Si2.C13H24Si2.C12H13F3.C11H16/c1-13-5-7-14(8-6-13)15-9-11-16(12-10-15)17(2,3)4;1-11-6-7-12-13(10-11)15(4,5)9-8-14(12,2)3;1-10-8-12-11(9-14(2,3)4)6-5-7-13(12)15-10;1-11-3-7-13(8-4-11)14-9-5-12(2)6-10-14;1-11-6-7-12-13(10-11)15(4,5)9-8-14(12,2)3;1-11-8-12(14(2,3)4)10-13(9-11)15(5,6)7;1-8-3-4-9-10(7-8)12(14,15)6-5-11(9,2)13;1-9-5-7-10(8-6-9)11(2,3)4/h5-12H,1-4H3;6-7,10H,8-9H2,1-5H3;5-8H,9H2,1-4H3;3-10H,1-2H3;6-7,10H,8-9H2,1-5H3;8-10H,1-7H3;3-4,7H,5-6H2,1-2H3;5-8H,1-4H3. The summed E-state index contributed by atoms with van der Waals surface area (Å²) in [5.74, 6) is -1.89. The summed E-state index contributed by atoms with van der Waals surface area (Å²) >= 11 is 0. The molecule has 1 aromatic heterocycles. The van der Waals surface area contributed by atoms with Crippen LogP contribution in [0, 0.1) is 67.7 Å². The third-order valence-corrected chi connectivity index (χ3v) is 35.4. The Morgan fingerprint density at radius 2 is 0.709 bits per heavy atom. The molecule has 8 heteroatoms. The van der Waals surface area contributed by atoms with Gasteiger partial charge in [-0.2, -0.15) is 0 Å². The maximum absolute atomic E-state index is 14.0. The summed E-state index contributed by atoms with van der Waals surface area (Å²) in [6.07, 6.45) is 3.17. The van der Waals surface area contributed by atoms with Gasteiger partial charge in [-0.25, -0.2) is 13.2 Å². The Labute approximate surface area is 714 Å². The molecule has 0 amide bonds. The number of halogens is 3. The van der Waals surface area contributed by atoms with Crippen LogP contribution in [0.1, 0.15) is 212 Å². The van der Waals surface area contributed by atoms with Gasteiger partial charge in [-0.1, -0.05) is 433 Å². The van der Waals surface area contributed by atoms with Crippen molar-refractivity contribution in [2.75, 3.05) is 0 Å². The fourth-order valence-corrected chi connectivity index (χ4v) is 28.5. The molecule has 3 aliphatic rings. The molecular weight excluding hydrogens is 1490 g/mol. The summed E-state index contributed by atoms with van der Waals surface area (Å²) in [5.41, 5.74) is 23.7. The molecule has 11 aromatic rings. The van der Waals surface area contributed by atoms with Gasteiger partial charge in [0.1, 0.15) is 17.0 Å². The minimum absolute atomic E-state index is 0.115. The Balaban J connectivity index is 0.000000185. The topological polar surface area (TPSA) is 13.1 Å². The molecule has 0 fully saturated rings. The van der Waals surface area contributed by atoms with Gasteiger partial charge in [0.2, 0.25) is 0 Å². The van der Waals surface area contributed by atoms with Crippen LogP contribution in [0.25, 0.3) is 33.2 Å². The number of hydrogen-bond donors (Lipinski definition) is 0. The highest BCUT2D eigenvalue weighted by Gasteiger charge is 2.46. The lowest BCUT2D eigenvalue weighted by molar-refractivity contribution is -0.0474. The average Bonchev–Trinajstić information content (AvgIpc) is 1.63. The quantitative estimate of drug-likeness (QED) is 0.157. The van der Waals surface area contributed by atoms with E-state index >= 15 is 0 Å². The zero-order chi connectivity index (χ0) is 87.6. The van der Waals surface area contributed by atoms with E-state index in [-0.39, 0.29) is 28.4 Å². The molecule has 14 rings (SSSR count). The molecule has 117 heavy (non-hydrogen) atoms. The second-order valence-corrected chi connectivity index (χ2v) is 62.4. The summed E-state index contributed by atoms with van der Waals surface area (Å²) in [7, 11) is -4.49. The van der Waals surface area contributed by atoms with Crippen LogP contribution in [0.5, 0.6) is 0 Å². The van der Waals surface area contributed by atoms with E-state index in [0.717, 1.165) is 23.3 Å². The maximum Gasteiger partial charge on any atom is 0.273 e. The Hall–Kier alpha value is -7.60. The van der Waals surface area contributed by atoms with Gasteiger partial charge in [0, 0.05) is 17.4 Å². The van der Waals surface area contributed by atoms with Crippen LogP contribution in [0.4, 0.5) is 13.2 Å². The predicted molar refractivity (Wildman–Crippen MR) is 522 cm³/mol. The van der Waals surface area contributed by atoms with Crippen molar-refractivity contribution < 1.29 is 17.6 Å². The molecule has 0 N–H and O–H groups in total. The molecule has 1 nitrogen and oxygen atoms in total. The van der Waals surface area contributed by atoms with Gasteiger partial charge >= 0.3 is 0 Å². The Bertz CT molecular complexity index is 4770. The number of alkyl halides is 3. The van der Waals surface area contributed by atoms with Gasteiger partial charge in [-0.15, -0.1) is 0 Å². The lowest BCUT2D eigenvalue weighted by Crippen LogP contribution is -2.63. The van der Waals surface area contributed by atoms with E-state index in [1.165, 1.54) is 127 Å². The minimum Gasteiger partial charge on any atom is -0.461 e. The van der Waals surface area contributed by atoms with E-state index in [9.17, 15) is 13.2 Å². The Morgan fingerprint density at radius 1 is 0.350 bits per heavy atom. The van der Waals surface area contributed by atoms with Gasteiger partial charge in [0.15, 0.2) is 0 Å². The number of benzene rings is 10. The van der Waals surface area contributed by atoms with Gasteiger partial charge in [0.05, 0.1) is 32.3 Å². The van der Waals surface area contributed by atoms with Gasteiger partial charge in [0.25, 0.3) is 5.92 Å². The molecule has 1 unspecified atom stereocenters. The first-order valence-electron chi connectivity index (χ1n) is 43.2. The maximum atomic E-state index is 14.0. The number of hydrogen-bond acceptors (Lipinski definition) is 1. The van der Waals surface area contributed by atoms with E-state index < -0.39 is 50.3 Å². The third kappa shape index (κ3) is 28.0. The third-order valence-electron chi connectivity index (χ3n) is 23.9. The first-order valence-corrected chi connectivity index (χ1v) is 56.6. The molecule has 0 saturated heterocycles. The monoisotopic (exact) mass is 1640 g/mol. The van der Waals surface area contributed by atoms with Crippen LogP contribution in [0.2, 0.25) is 77.6 Å². The van der Waals surface area contributed by atoms with E-state index in [2.05, 4.69) is 398 Å². The van der Waals surface area contributed by atoms with E-state index in [1.807, 2.05) is 13.0 Å². The molecule has 2 aliphatic carbocycles. The van der Waals surface area contributed by atoms with Crippen molar-refractivity contribution >= 4 is 64.0 Å². The fourth-order valence-electron chi connectivity index (χ4n) is 15.6. The van der Waals surface area contributed by atoms with Gasteiger partial charge < -0.3 is 4.42 Å². The van der Waals surface area contributed by atoms with Crippen molar-refractivity contribution in [2.45, 2.75) is 302 Å². The number of rotatable bonds is 5.